The molecular formula is C16H25N5. The molecule has 0 aromatic carbocycles. The second kappa shape index (κ2) is 5.64. The molecule has 1 saturated carbocycles. The maximum atomic E-state index is 6.01. The highest BCUT2D eigenvalue weighted by Crippen LogP contribution is 2.28. The van der Waals surface area contributed by atoms with Crippen molar-refractivity contribution in [3.63, 3.8) is 0 Å². The monoisotopic (exact) mass is 287 g/mol. The molecule has 2 aromatic heterocycles. The first-order valence-electron chi connectivity index (χ1n) is 7.89. The summed E-state index contributed by atoms with van der Waals surface area (Å²) in [6.07, 6.45) is 8.26. The van der Waals surface area contributed by atoms with Gasteiger partial charge in [-0.05, 0) is 37.7 Å². The number of rotatable bonds is 3. The quantitative estimate of drug-likeness (QED) is 0.942. The first kappa shape index (κ1) is 14.3. The van der Waals surface area contributed by atoms with Gasteiger partial charge in [0.15, 0.2) is 5.82 Å². The smallest absolute Gasteiger partial charge is 0.154 e. The molecule has 0 unspecified atom stereocenters. The average Bonchev–Trinajstić information content (AvgIpc) is 2.91. The maximum absolute atomic E-state index is 6.01. The van der Waals surface area contributed by atoms with Crippen LogP contribution < -0.4 is 10.6 Å². The lowest BCUT2D eigenvalue weighted by molar-refractivity contribution is 0.384. The normalized spacial score (nSPS) is 22.9. The summed E-state index contributed by atoms with van der Waals surface area (Å²) >= 11 is 0. The van der Waals surface area contributed by atoms with E-state index in [2.05, 4.69) is 41.9 Å². The molecule has 0 aliphatic heterocycles. The van der Waals surface area contributed by atoms with Gasteiger partial charge >= 0.3 is 0 Å². The van der Waals surface area contributed by atoms with E-state index in [1.807, 2.05) is 16.9 Å². The minimum absolute atomic E-state index is 0.376. The molecule has 1 aliphatic rings. The number of hydrogen-bond donors (Lipinski definition) is 1. The van der Waals surface area contributed by atoms with Gasteiger partial charge in [0.2, 0.25) is 0 Å². The van der Waals surface area contributed by atoms with Crippen LogP contribution in [-0.2, 0) is 0 Å². The van der Waals surface area contributed by atoms with Crippen molar-refractivity contribution in [2.75, 3.05) is 11.9 Å². The van der Waals surface area contributed by atoms with Crippen molar-refractivity contribution >= 4 is 11.3 Å². The number of aromatic nitrogens is 3. The fraction of sp³-hybridized carbons (Fsp3) is 0.625. The van der Waals surface area contributed by atoms with Gasteiger partial charge in [0.05, 0.1) is 5.69 Å². The van der Waals surface area contributed by atoms with Gasteiger partial charge < -0.3 is 10.6 Å². The van der Waals surface area contributed by atoms with Gasteiger partial charge in [-0.1, -0.05) is 13.8 Å². The lowest BCUT2D eigenvalue weighted by atomic mass is 9.91. The number of fused-ring (bicyclic) bond motifs is 1. The van der Waals surface area contributed by atoms with Crippen LogP contribution in [0.3, 0.4) is 0 Å². The molecule has 21 heavy (non-hydrogen) atoms. The average molecular weight is 287 g/mol. The first-order chi connectivity index (χ1) is 10.1. The number of nitrogens with zero attached hydrogens (tertiary/aromatic N) is 4. The van der Waals surface area contributed by atoms with Gasteiger partial charge in [-0.25, -0.2) is 9.50 Å². The van der Waals surface area contributed by atoms with Crippen LogP contribution >= 0.6 is 0 Å². The van der Waals surface area contributed by atoms with E-state index in [0.717, 1.165) is 42.7 Å². The van der Waals surface area contributed by atoms with E-state index < -0.39 is 0 Å². The molecule has 5 nitrogen and oxygen atoms in total. The Morgan fingerprint density at radius 3 is 2.67 bits per heavy atom. The topological polar surface area (TPSA) is 59.5 Å². The van der Waals surface area contributed by atoms with Crippen molar-refractivity contribution in [2.45, 2.75) is 57.5 Å². The van der Waals surface area contributed by atoms with Crippen molar-refractivity contribution in [3.8, 4) is 0 Å². The molecule has 0 bridgehead atoms. The summed E-state index contributed by atoms with van der Waals surface area (Å²) in [5.41, 5.74) is 8.22. The first-order valence-corrected chi connectivity index (χ1v) is 7.89. The zero-order valence-electron chi connectivity index (χ0n) is 13.2. The number of anilines is 1. The molecule has 2 N–H and O–H groups in total. The van der Waals surface area contributed by atoms with Gasteiger partial charge in [0, 0.05) is 31.5 Å². The van der Waals surface area contributed by atoms with Crippen LogP contribution in [0.5, 0.6) is 0 Å². The van der Waals surface area contributed by atoms with Crippen LogP contribution in [0.25, 0.3) is 5.52 Å². The Kier molecular flexibility index (Phi) is 3.85. The van der Waals surface area contributed by atoms with E-state index in [1.165, 1.54) is 0 Å². The summed E-state index contributed by atoms with van der Waals surface area (Å²) in [7, 11) is 2.14. The van der Waals surface area contributed by atoms with Crippen LogP contribution in [0.15, 0.2) is 18.5 Å². The van der Waals surface area contributed by atoms with Crippen LogP contribution in [0.2, 0.25) is 0 Å². The lowest BCUT2D eigenvalue weighted by Gasteiger charge is -2.34. The zero-order valence-corrected chi connectivity index (χ0v) is 13.2. The SMILES string of the molecule is CC(C)c1cc2c(N(C)C3CCC(N)CC3)nccn2n1. The van der Waals surface area contributed by atoms with Gasteiger partial charge in [-0.2, -0.15) is 5.10 Å². The Morgan fingerprint density at radius 1 is 1.29 bits per heavy atom. The third-order valence-electron chi connectivity index (χ3n) is 4.60. The second-order valence-electron chi connectivity index (χ2n) is 6.48. The van der Waals surface area contributed by atoms with Crippen LogP contribution in [-0.4, -0.2) is 33.7 Å². The molecule has 2 aromatic rings. The molecule has 2 heterocycles. The summed E-state index contributed by atoms with van der Waals surface area (Å²) in [6.45, 7) is 4.34. The molecule has 0 saturated heterocycles. The highest BCUT2D eigenvalue weighted by Gasteiger charge is 2.24. The van der Waals surface area contributed by atoms with Crippen molar-refractivity contribution < 1.29 is 0 Å². The predicted molar refractivity (Wildman–Crippen MR) is 85.7 cm³/mol. The fourth-order valence-electron chi connectivity index (χ4n) is 3.14. The van der Waals surface area contributed by atoms with Crippen molar-refractivity contribution in [2.24, 2.45) is 5.73 Å². The molecule has 0 atom stereocenters. The third-order valence-corrected chi connectivity index (χ3v) is 4.60. The van der Waals surface area contributed by atoms with E-state index in [9.17, 15) is 0 Å². The highest BCUT2D eigenvalue weighted by molar-refractivity contribution is 5.69. The van der Waals surface area contributed by atoms with Crippen molar-refractivity contribution in [3.05, 3.63) is 24.2 Å². The zero-order chi connectivity index (χ0) is 15.0. The number of hydrogen-bond acceptors (Lipinski definition) is 4. The Hall–Kier alpha value is -1.62. The maximum Gasteiger partial charge on any atom is 0.154 e. The van der Waals surface area contributed by atoms with Gasteiger partial charge in [-0.3, -0.25) is 0 Å². The minimum Gasteiger partial charge on any atom is -0.355 e. The van der Waals surface area contributed by atoms with Crippen molar-refractivity contribution in [1.82, 2.24) is 14.6 Å². The van der Waals surface area contributed by atoms with Crippen molar-refractivity contribution in [1.29, 1.82) is 0 Å². The van der Waals surface area contributed by atoms with Crippen LogP contribution in [0.1, 0.15) is 51.1 Å². The van der Waals surface area contributed by atoms with E-state index in [4.69, 9.17) is 5.73 Å². The van der Waals surface area contributed by atoms with Crippen LogP contribution in [0.4, 0.5) is 5.82 Å². The summed E-state index contributed by atoms with van der Waals surface area (Å²) < 4.78 is 1.95. The summed E-state index contributed by atoms with van der Waals surface area (Å²) in [4.78, 5) is 6.92. The minimum atomic E-state index is 0.376. The predicted octanol–water partition coefficient (Wildman–Crippen LogP) is 2.56. The molecule has 3 rings (SSSR count). The van der Waals surface area contributed by atoms with Crippen LogP contribution in [0, 0.1) is 0 Å². The fourth-order valence-corrected chi connectivity index (χ4v) is 3.14. The summed E-state index contributed by atoms with van der Waals surface area (Å²) in [5.74, 6) is 1.45. The van der Waals surface area contributed by atoms with E-state index in [0.29, 0.717) is 18.0 Å². The van der Waals surface area contributed by atoms with Gasteiger partial charge in [0.1, 0.15) is 5.52 Å². The Balaban J connectivity index is 1.92. The third kappa shape index (κ3) is 2.75. The standard InChI is InChI=1S/C16H25N5/c1-11(2)14-10-15-16(18-8-9-21(15)19-14)20(3)13-6-4-12(17)5-7-13/h8-13H,4-7,17H2,1-3H3. The lowest BCUT2D eigenvalue weighted by Crippen LogP contribution is -2.39. The Morgan fingerprint density at radius 2 is 2.00 bits per heavy atom. The molecule has 0 amide bonds. The van der Waals surface area contributed by atoms with E-state index in [-0.39, 0.29) is 0 Å². The molecule has 0 spiro atoms. The molecule has 114 valence electrons. The summed E-state index contributed by atoms with van der Waals surface area (Å²) in [6, 6.07) is 3.07. The molecule has 1 aliphatic carbocycles. The Labute approximate surface area is 126 Å². The molecular weight excluding hydrogens is 262 g/mol. The van der Waals surface area contributed by atoms with Gasteiger partial charge in [0.25, 0.3) is 0 Å². The van der Waals surface area contributed by atoms with E-state index >= 15 is 0 Å². The Bertz CT molecular complexity index is 610. The number of nitrogens with two attached hydrogens (primary N) is 1. The highest BCUT2D eigenvalue weighted by atomic mass is 15.3. The van der Waals surface area contributed by atoms with E-state index in [1.54, 1.807) is 0 Å². The second-order valence-corrected chi connectivity index (χ2v) is 6.48. The largest absolute Gasteiger partial charge is 0.355 e. The molecule has 1 fully saturated rings. The molecule has 5 heteroatoms. The van der Waals surface area contributed by atoms with Gasteiger partial charge in [-0.15, -0.1) is 0 Å². The summed E-state index contributed by atoms with van der Waals surface area (Å²) in [5, 5.41) is 4.64. The molecule has 0 radical (unpaired) electrons.